The summed E-state index contributed by atoms with van der Waals surface area (Å²) in [6, 6.07) is 0. The van der Waals surface area contributed by atoms with E-state index in [1.807, 2.05) is 0 Å². The van der Waals surface area contributed by atoms with E-state index in [9.17, 15) is 4.79 Å². The van der Waals surface area contributed by atoms with Crippen LogP contribution in [0.3, 0.4) is 0 Å². The third-order valence-corrected chi connectivity index (χ3v) is 4.97. The van der Waals surface area contributed by atoms with Crippen molar-refractivity contribution in [1.82, 2.24) is 4.90 Å². The normalized spacial score (nSPS) is 30.3. The van der Waals surface area contributed by atoms with E-state index in [-0.39, 0.29) is 0 Å². The summed E-state index contributed by atoms with van der Waals surface area (Å²) in [4.78, 5) is 14.6. The van der Waals surface area contributed by atoms with E-state index in [2.05, 4.69) is 25.7 Å². The molecule has 0 N–H and O–H groups in total. The average molecular weight is 251 g/mol. The molecule has 104 valence electrons. The Kier molecular flexibility index (Phi) is 4.34. The summed E-state index contributed by atoms with van der Waals surface area (Å²) in [5, 5.41) is 0. The lowest BCUT2D eigenvalue weighted by molar-refractivity contribution is -0.138. The van der Waals surface area contributed by atoms with Crippen molar-refractivity contribution in [2.75, 3.05) is 13.1 Å². The van der Waals surface area contributed by atoms with Gasteiger partial charge in [-0.05, 0) is 56.3 Å². The van der Waals surface area contributed by atoms with Crippen LogP contribution in [0.15, 0.2) is 0 Å². The Balaban J connectivity index is 1.83. The third-order valence-electron chi connectivity index (χ3n) is 4.97. The zero-order valence-electron chi connectivity index (χ0n) is 12.4. The first-order valence-corrected chi connectivity index (χ1v) is 7.77. The van der Waals surface area contributed by atoms with Crippen molar-refractivity contribution in [1.29, 1.82) is 0 Å². The lowest BCUT2D eigenvalue weighted by atomic mass is 9.69. The highest BCUT2D eigenvalue weighted by Crippen LogP contribution is 2.40. The summed E-state index contributed by atoms with van der Waals surface area (Å²) >= 11 is 0. The molecule has 1 aliphatic carbocycles. The largest absolute Gasteiger partial charge is 0.342 e. The monoisotopic (exact) mass is 251 g/mol. The Morgan fingerprint density at radius 2 is 1.50 bits per heavy atom. The van der Waals surface area contributed by atoms with Gasteiger partial charge in [-0.15, -0.1) is 0 Å². The van der Waals surface area contributed by atoms with Gasteiger partial charge in [0, 0.05) is 19.0 Å². The maximum Gasteiger partial charge on any atom is 0.225 e. The fourth-order valence-electron chi connectivity index (χ4n) is 3.58. The molecule has 0 atom stereocenters. The molecule has 0 bridgehead atoms. The van der Waals surface area contributed by atoms with E-state index in [4.69, 9.17) is 0 Å². The minimum Gasteiger partial charge on any atom is -0.342 e. The highest BCUT2D eigenvalue weighted by molar-refractivity contribution is 5.79. The summed E-state index contributed by atoms with van der Waals surface area (Å²) in [5.41, 5.74) is 0.416. The number of carbonyl (C=O) groups is 1. The van der Waals surface area contributed by atoms with Gasteiger partial charge in [0.05, 0.1) is 0 Å². The second-order valence-corrected chi connectivity index (χ2v) is 7.30. The van der Waals surface area contributed by atoms with Crippen LogP contribution in [0, 0.1) is 17.3 Å². The summed E-state index contributed by atoms with van der Waals surface area (Å²) in [6.45, 7) is 9.04. The van der Waals surface area contributed by atoms with Crippen LogP contribution in [0.25, 0.3) is 0 Å². The van der Waals surface area contributed by atoms with Gasteiger partial charge in [0.2, 0.25) is 5.91 Å². The minimum absolute atomic E-state index is 0.335. The maximum absolute atomic E-state index is 12.4. The summed E-state index contributed by atoms with van der Waals surface area (Å²) < 4.78 is 0. The Hall–Kier alpha value is -0.530. The highest BCUT2D eigenvalue weighted by atomic mass is 16.2. The number of hydrogen-bond acceptors (Lipinski definition) is 1. The number of carbonyl (C=O) groups excluding carboxylic acids is 1. The van der Waals surface area contributed by atoms with Crippen LogP contribution in [0.5, 0.6) is 0 Å². The van der Waals surface area contributed by atoms with E-state index in [0.29, 0.717) is 17.2 Å². The molecule has 1 heterocycles. The molecule has 1 saturated carbocycles. The molecule has 2 aliphatic rings. The second kappa shape index (κ2) is 5.63. The van der Waals surface area contributed by atoms with Crippen LogP contribution in [0.4, 0.5) is 0 Å². The van der Waals surface area contributed by atoms with E-state index in [0.717, 1.165) is 31.8 Å². The molecular formula is C16H29NO. The topological polar surface area (TPSA) is 20.3 Å². The molecular weight excluding hydrogens is 222 g/mol. The number of rotatable bonds is 1. The molecule has 18 heavy (non-hydrogen) atoms. The number of hydrogen-bond donors (Lipinski definition) is 0. The SMILES string of the molecule is CC(C)(C)C1CCC(C(=O)N2CCCCC2)CC1. The maximum atomic E-state index is 12.4. The molecule has 0 spiro atoms. The van der Waals surface area contributed by atoms with E-state index in [1.54, 1.807) is 0 Å². The molecule has 0 aromatic rings. The zero-order chi connectivity index (χ0) is 13.2. The van der Waals surface area contributed by atoms with Crippen LogP contribution in [-0.2, 0) is 4.79 Å². The Morgan fingerprint density at radius 1 is 0.944 bits per heavy atom. The predicted molar refractivity (Wildman–Crippen MR) is 75.3 cm³/mol. The lowest BCUT2D eigenvalue weighted by Crippen LogP contribution is -2.41. The van der Waals surface area contributed by atoms with Crippen molar-refractivity contribution < 1.29 is 4.79 Å². The van der Waals surface area contributed by atoms with Crippen molar-refractivity contribution in [3.05, 3.63) is 0 Å². The highest BCUT2D eigenvalue weighted by Gasteiger charge is 2.34. The third kappa shape index (κ3) is 3.27. The van der Waals surface area contributed by atoms with Gasteiger partial charge in [-0.25, -0.2) is 0 Å². The Labute approximate surface area is 112 Å². The average Bonchev–Trinajstić information content (AvgIpc) is 2.38. The summed E-state index contributed by atoms with van der Waals surface area (Å²) in [6.07, 6.45) is 8.46. The smallest absolute Gasteiger partial charge is 0.225 e. The van der Waals surface area contributed by atoms with Crippen molar-refractivity contribution in [2.24, 2.45) is 17.3 Å². The van der Waals surface area contributed by atoms with E-state index >= 15 is 0 Å². The number of likely N-dealkylation sites (tertiary alicyclic amines) is 1. The van der Waals surface area contributed by atoms with Crippen molar-refractivity contribution in [3.63, 3.8) is 0 Å². The predicted octanol–water partition coefficient (Wildman–Crippen LogP) is 3.85. The number of amides is 1. The first kappa shape index (κ1) is 13.9. The number of piperidine rings is 1. The van der Waals surface area contributed by atoms with Gasteiger partial charge in [0.15, 0.2) is 0 Å². The molecule has 1 aliphatic heterocycles. The van der Waals surface area contributed by atoms with Crippen LogP contribution in [0.1, 0.15) is 65.7 Å². The molecule has 1 saturated heterocycles. The van der Waals surface area contributed by atoms with Gasteiger partial charge in [-0.3, -0.25) is 4.79 Å². The minimum atomic E-state index is 0.335. The van der Waals surface area contributed by atoms with Gasteiger partial charge >= 0.3 is 0 Å². The molecule has 2 rings (SSSR count). The fourth-order valence-corrected chi connectivity index (χ4v) is 3.58. The van der Waals surface area contributed by atoms with Gasteiger partial charge < -0.3 is 4.90 Å². The standard InChI is InChI=1S/C16H29NO/c1-16(2,3)14-9-7-13(8-10-14)15(18)17-11-5-4-6-12-17/h13-14H,4-12H2,1-3H3. The van der Waals surface area contributed by atoms with Gasteiger partial charge in [0.25, 0.3) is 0 Å². The molecule has 0 radical (unpaired) electrons. The first-order chi connectivity index (χ1) is 8.48. The quantitative estimate of drug-likeness (QED) is 0.693. The molecule has 1 amide bonds. The van der Waals surface area contributed by atoms with E-state index in [1.165, 1.54) is 32.1 Å². The molecule has 0 aromatic carbocycles. The molecule has 0 aromatic heterocycles. The van der Waals surface area contributed by atoms with Crippen LogP contribution in [0.2, 0.25) is 0 Å². The molecule has 2 heteroatoms. The van der Waals surface area contributed by atoms with Crippen LogP contribution < -0.4 is 0 Å². The Bertz CT molecular complexity index is 278. The van der Waals surface area contributed by atoms with Crippen molar-refractivity contribution >= 4 is 5.91 Å². The lowest BCUT2D eigenvalue weighted by Gasteiger charge is -2.38. The van der Waals surface area contributed by atoms with Gasteiger partial charge in [-0.1, -0.05) is 20.8 Å². The van der Waals surface area contributed by atoms with Crippen LogP contribution in [-0.4, -0.2) is 23.9 Å². The zero-order valence-corrected chi connectivity index (χ0v) is 12.4. The van der Waals surface area contributed by atoms with Gasteiger partial charge in [0.1, 0.15) is 0 Å². The first-order valence-electron chi connectivity index (χ1n) is 7.77. The molecule has 2 nitrogen and oxygen atoms in total. The number of nitrogens with zero attached hydrogens (tertiary/aromatic N) is 1. The fraction of sp³-hybridized carbons (Fsp3) is 0.938. The second-order valence-electron chi connectivity index (χ2n) is 7.30. The molecule has 2 fully saturated rings. The van der Waals surface area contributed by atoms with Crippen molar-refractivity contribution in [3.8, 4) is 0 Å². The Morgan fingerprint density at radius 3 is 2.00 bits per heavy atom. The van der Waals surface area contributed by atoms with Crippen molar-refractivity contribution in [2.45, 2.75) is 65.7 Å². The summed E-state index contributed by atoms with van der Waals surface area (Å²) in [7, 11) is 0. The van der Waals surface area contributed by atoms with E-state index < -0.39 is 0 Å². The summed E-state index contributed by atoms with van der Waals surface area (Å²) in [5.74, 6) is 1.60. The van der Waals surface area contributed by atoms with Crippen LogP contribution >= 0.6 is 0 Å². The van der Waals surface area contributed by atoms with Gasteiger partial charge in [-0.2, -0.15) is 0 Å². The molecule has 0 unspecified atom stereocenters.